The van der Waals surface area contributed by atoms with E-state index >= 15 is 0 Å². The molecule has 10 nitrogen and oxygen atoms in total. The predicted molar refractivity (Wildman–Crippen MR) is 175 cm³/mol. The Morgan fingerprint density at radius 1 is 1.07 bits per heavy atom. The van der Waals surface area contributed by atoms with Crippen molar-refractivity contribution in [3.05, 3.63) is 95.5 Å². The van der Waals surface area contributed by atoms with Gasteiger partial charge in [-0.2, -0.15) is 4.31 Å². The van der Waals surface area contributed by atoms with Gasteiger partial charge in [0.1, 0.15) is 11.9 Å². The van der Waals surface area contributed by atoms with Crippen LogP contribution >= 0.6 is 11.6 Å². The monoisotopic (exact) mass is 650 g/mol. The number of anilines is 2. The summed E-state index contributed by atoms with van der Waals surface area (Å²) in [5.41, 5.74) is 1.17. The molecule has 0 saturated carbocycles. The third kappa shape index (κ3) is 7.07. The fourth-order valence-corrected chi connectivity index (χ4v) is 6.58. The van der Waals surface area contributed by atoms with Crippen LogP contribution in [0, 0.1) is 5.92 Å². The number of aliphatic hydroxyl groups is 1. The minimum atomic E-state index is -3.86. The minimum Gasteiger partial charge on any atom is -0.488 e. The Bertz CT molecular complexity index is 1810. The SMILES string of the molecule is C[C@H](CO)N1C[C@H](C)[C@H](CN(C)S(=O)(=O)c2ccc(Cl)cc2)Oc2ccc(NC(=O)Nc3cccc4ccccc34)cc2C1=O. The van der Waals surface area contributed by atoms with Crippen LogP contribution in [0.3, 0.4) is 0 Å². The number of nitrogens with zero attached hydrogens (tertiary/aromatic N) is 2. The topological polar surface area (TPSA) is 128 Å². The lowest BCUT2D eigenvalue weighted by Gasteiger charge is -2.38. The molecule has 3 amide bonds. The van der Waals surface area contributed by atoms with Gasteiger partial charge in [-0.15, -0.1) is 0 Å². The average Bonchev–Trinajstić information content (AvgIpc) is 3.03. The van der Waals surface area contributed by atoms with E-state index in [1.54, 1.807) is 30.0 Å². The maximum absolute atomic E-state index is 13.8. The molecule has 236 valence electrons. The quantitative estimate of drug-likeness (QED) is 0.225. The molecule has 0 saturated heterocycles. The Morgan fingerprint density at radius 2 is 1.78 bits per heavy atom. The van der Waals surface area contributed by atoms with Crippen molar-refractivity contribution in [1.82, 2.24) is 9.21 Å². The molecule has 5 rings (SSSR count). The molecule has 0 bridgehead atoms. The zero-order valence-corrected chi connectivity index (χ0v) is 26.7. The molecular formula is C33H35ClN4O6S. The Kier molecular flexibility index (Phi) is 9.64. The fourth-order valence-electron chi connectivity index (χ4n) is 5.28. The summed E-state index contributed by atoms with van der Waals surface area (Å²) in [6, 6.07) is 22.9. The number of hydrogen-bond acceptors (Lipinski definition) is 6. The van der Waals surface area contributed by atoms with Crippen molar-refractivity contribution >= 4 is 55.7 Å². The molecule has 0 aromatic heterocycles. The molecule has 0 radical (unpaired) electrons. The van der Waals surface area contributed by atoms with Gasteiger partial charge >= 0.3 is 6.03 Å². The molecule has 45 heavy (non-hydrogen) atoms. The number of nitrogens with one attached hydrogen (secondary N) is 2. The maximum Gasteiger partial charge on any atom is 0.323 e. The van der Waals surface area contributed by atoms with Crippen molar-refractivity contribution in [2.24, 2.45) is 5.92 Å². The molecular weight excluding hydrogens is 616 g/mol. The van der Waals surface area contributed by atoms with E-state index < -0.39 is 28.2 Å². The number of ether oxygens (including phenoxy) is 1. The predicted octanol–water partition coefficient (Wildman–Crippen LogP) is 5.68. The minimum absolute atomic E-state index is 0.00541. The van der Waals surface area contributed by atoms with Crippen molar-refractivity contribution in [2.45, 2.75) is 30.9 Å². The van der Waals surface area contributed by atoms with Crippen LogP contribution in [0.25, 0.3) is 10.8 Å². The number of halogens is 1. The molecule has 12 heteroatoms. The van der Waals surface area contributed by atoms with E-state index in [0.29, 0.717) is 16.4 Å². The molecule has 0 unspecified atom stereocenters. The van der Waals surface area contributed by atoms with Crippen molar-refractivity contribution in [3.8, 4) is 5.75 Å². The number of likely N-dealkylation sites (N-methyl/N-ethyl adjacent to an activating group) is 1. The first-order valence-corrected chi connectivity index (χ1v) is 16.3. The summed E-state index contributed by atoms with van der Waals surface area (Å²) >= 11 is 5.95. The fraction of sp³-hybridized carbons (Fsp3) is 0.273. The van der Waals surface area contributed by atoms with E-state index in [0.717, 1.165) is 10.8 Å². The molecule has 3 N–H and O–H groups in total. The number of benzene rings is 4. The van der Waals surface area contributed by atoms with E-state index in [1.165, 1.54) is 41.7 Å². The Morgan fingerprint density at radius 3 is 2.51 bits per heavy atom. The van der Waals surface area contributed by atoms with Crippen LogP contribution in [-0.2, 0) is 10.0 Å². The van der Waals surface area contributed by atoms with Gasteiger partial charge in [0.05, 0.1) is 35.3 Å². The molecule has 1 aliphatic heterocycles. The van der Waals surface area contributed by atoms with Gasteiger partial charge in [0, 0.05) is 35.6 Å². The third-order valence-corrected chi connectivity index (χ3v) is 10.0. The number of fused-ring (bicyclic) bond motifs is 2. The van der Waals surface area contributed by atoms with E-state index in [-0.39, 0.29) is 47.7 Å². The van der Waals surface area contributed by atoms with Gasteiger partial charge in [0.15, 0.2) is 0 Å². The number of sulfonamides is 1. The summed E-state index contributed by atoms with van der Waals surface area (Å²) in [6.45, 7) is 3.54. The lowest BCUT2D eigenvalue weighted by Crippen LogP contribution is -2.50. The summed E-state index contributed by atoms with van der Waals surface area (Å²) < 4.78 is 34.2. The number of aliphatic hydroxyl groups excluding tert-OH is 1. The second-order valence-electron chi connectivity index (χ2n) is 11.2. The van der Waals surface area contributed by atoms with Gasteiger partial charge in [-0.3, -0.25) is 4.79 Å². The molecule has 0 fully saturated rings. The van der Waals surface area contributed by atoms with Crippen molar-refractivity contribution in [1.29, 1.82) is 0 Å². The number of carbonyl (C=O) groups excluding carboxylic acids is 2. The number of hydrogen-bond donors (Lipinski definition) is 3. The van der Waals surface area contributed by atoms with Crippen LogP contribution in [0.5, 0.6) is 5.75 Å². The summed E-state index contributed by atoms with van der Waals surface area (Å²) in [5.74, 6) is -0.440. The Hall–Kier alpha value is -4.16. The molecule has 3 atom stereocenters. The highest BCUT2D eigenvalue weighted by Gasteiger charge is 2.35. The molecule has 1 aliphatic rings. The average molecular weight is 651 g/mol. The lowest BCUT2D eigenvalue weighted by atomic mass is 9.99. The van der Waals surface area contributed by atoms with Gasteiger partial charge in [-0.1, -0.05) is 54.9 Å². The first-order chi connectivity index (χ1) is 21.5. The molecule has 0 aliphatic carbocycles. The van der Waals surface area contributed by atoms with Crippen molar-refractivity contribution in [3.63, 3.8) is 0 Å². The largest absolute Gasteiger partial charge is 0.488 e. The van der Waals surface area contributed by atoms with Crippen LogP contribution in [0.4, 0.5) is 16.2 Å². The summed E-state index contributed by atoms with van der Waals surface area (Å²) in [6.07, 6.45) is -0.647. The molecule has 4 aromatic rings. The second-order valence-corrected chi connectivity index (χ2v) is 13.7. The zero-order chi connectivity index (χ0) is 32.3. The van der Waals surface area contributed by atoms with Crippen LogP contribution in [-0.4, -0.2) is 73.6 Å². The number of rotatable bonds is 8. The lowest BCUT2D eigenvalue weighted by molar-refractivity contribution is 0.0387. The van der Waals surface area contributed by atoms with Gasteiger partial charge in [0.2, 0.25) is 10.0 Å². The second kappa shape index (κ2) is 13.5. The Labute approximate surface area is 267 Å². The van der Waals surface area contributed by atoms with Crippen LogP contribution < -0.4 is 15.4 Å². The third-order valence-electron chi connectivity index (χ3n) is 7.92. The number of carbonyl (C=O) groups is 2. The first-order valence-electron chi connectivity index (χ1n) is 14.5. The van der Waals surface area contributed by atoms with E-state index in [1.807, 2.05) is 43.3 Å². The van der Waals surface area contributed by atoms with Crippen LogP contribution in [0.15, 0.2) is 89.8 Å². The summed E-state index contributed by atoms with van der Waals surface area (Å²) in [4.78, 5) is 28.5. The summed E-state index contributed by atoms with van der Waals surface area (Å²) in [7, 11) is -2.39. The highest BCUT2D eigenvalue weighted by molar-refractivity contribution is 7.89. The smallest absolute Gasteiger partial charge is 0.323 e. The van der Waals surface area contributed by atoms with Crippen LogP contribution in [0.1, 0.15) is 24.2 Å². The molecule has 4 aromatic carbocycles. The van der Waals surface area contributed by atoms with E-state index in [9.17, 15) is 23.1 Å². The van der Waals surface area contributed by atoms with Gasteiger partial charge in [-0.05, 0) is 60.8 Å². The van der Waals surface area contributed by atoms with Gasteiger partial charge in [-0.25, -0.2) is 13.2 Å². The molecule has 0 spiro atoms. The van der Waals surface area contributed by atoms with E-state index in [4.69, 9.17) is 16.3 Å². The normalized spacial score (nSPS) is 17.6. The van der Waals surface area contributed by atoms with E-state index in [2.05, 4.69) is 10.6 Å². The van der Waals surface area contributed by atoms with Gasteiger partial charge < -0.3 is 25.4 Å². The number of amides is 3. The van der Waals surface area contributed by atoms with Crippen LogP contribution in [0.2, 0.25) is 5.02 Å². The highest BCUT2D eigenvalue weighted by atomic mass is 35.5. The van der Waals surface area contributed by atoms with Gasteiger partial charge in [0.25, 0.3) is 5.91 Å². The maximum atomic E-state index is 13.8. The zero-order valence-electron chi connectivity index (χ0n) is 25.1. The number of urea groups is 1. The summed E-state index contributed by atoms with van der Waals surface area (Å²) in [5, 5.41) is 17.9. The standard InChI is InChI=1S/C33H35ClN4O6S/c1-21-18-38(22(2)20-39)32(40)28-17-25(35-33(41)36-29-10-6-8-23-7-4-5-9-27(23)29)13-16-30(28)44-31(21)19-37(3)45(42,43)26-14-11-24(34)12-15-26/h4-17,21-22,31,39H,18-20H2,1-3H3,(H2,35,36,41)/t21-,22+,31-/m0/s1. The molecule has 1 heterocycles. The van der Waals surface area contributed by atoms with Crippen molar-refractivity contribution in [2.75, 3.05) is 37.4 Å². The highest BCUT2D eigenvalue weighted by Crippen LogP contribution is 2.32. The first kappa shape index (κ1) is 32.2. The Balaban J connectivity index is 1.41. The van der Waals surface area contributed by atoms with Crippen molar-refractivity contribution < 1.29 is 27.9 Å².